The van der Waals surface area contributed by atoms with Gasteiger partial charge in [0.2, 0.25) is 5.91 Å². The molecule has 3 amide bonds. The molecule has 0 spiro atoms. The molecule has 2 heterocycles. The molecule has 2 N–H and O–H groups in total. The van der Waals surface area contributed by atoms with E-state index in [2.05, 4.69) is 5.32 Å². The zero-order valence-corrected chi connectivity index (χ0v) is 16.5. The summed E-state index contributed by atoms with van der Waals surface area (Å²) in [5.74, 6) is -0.297. The lowest BCUT2D eigenvalue weighted by Crippen LogP contribution is -2.71. The highest BCUT2D eigenvalue weighted by atomic mass is 19.1. The summed E-state index contributed by atoms with van der Waals surface area (Å²) >= 11 is 0. The zero-order chi connectivity index (χ0) is 20.8. The fourth-order valence-corrected chi connectivity index (χ4v) is 5.00. The molecule has 0 unspecified atom stereocenters. The number of para-hydroxylation sites is 1. The molecule has 0 aromatic heterocycles. The molecule has 156 valence electrons. The van der Waals surface area contributed by atoms with Gasteiger partial charge in [0.25, 0.3) is 0 Å². The highest BCUT2D eigenvalue weighted by molar-refractivity contribution is 5.98. The van der Waals surface area contributed by atoms with E-state index in [4.69, 9.17) is 0 Å². The summed E-state index contributed by atoms with van der Waals surface area (Å²) in [7, 11) is 0. The Labute approximate surface area is 174 Å². The summed E-state index contributed by atoms with van der Waals surface area (Å²) in [6.45, 7) is 0.229. The molecule has 2 fully saturated rings. The van der Waals surface area contributed by atoms with Gasteiger partial charge in [0.1, 0.15) is 5.82 Å². The van der Waals surface area contributed by atoms with Gasteiger partial charge in [0, 0.05) is 29.8 Å². The molecule has 3 atom stereocenters. The van der Waals surface area contributed by atoms with Crippen molar-refractivity contribution in [3.05, 3.63) is 59.9 Å². The van der Waals surface area contributed by atoms with E-state index < -0.39 is 11.8 Å². The number of hydrogen-bond acceptors (Lipinski definition) is 3. The quantitative estimate of drug-likeness (QED) is 0.817. The minimum atomic E-state index is -0.433. The lowest BCUT2D eigenvalue weighted by Gasteiger charge is -2.58. The number of urea groups is 1. The predicted molar refractivity (Wildman–Crippen MR) is 111 cm³/mol. The first-order valence-corrected chi connectivity index (χ1v) is 10.4. The molecule has 1 saturated carbocycles. The number of hydrogen-bond donors (Lipinski definition) is 2. The molecule has 0 bridgehead atoms. The van der Waals surface area contributed by atoms with Crippen molar-refractivity contribution in [1.29, 1.82) is 0 Å². The minimum absolute atomic E-state index is 0.0325. The van der Waals surface area contributed by atoms with Gasteiger partial charge < -0.3 is 20.2 Å². The van der Waals surface area contributed by atoms with Gasteiger partial charge in [-0.2, -0.15) is 0 Å². The average molecular weight is 409 g/mol. The second kappa shape index (κ2) is 7.40. The van der Waals surface area contributed by atoms with Crippen molar-refractivity contribution in [3.63, 3.8) is 0 Å². The summed E-state index contributed by atoms with van der Waals surface area (Å²) in [6.07, 6.45) is 2.90. The van der Waals surface area contributed by atoms with E-state index in [-0.39, 0.29) is 36.4 Å². The number of nitrogens with one attached hydrogen (secondary N) is 1. The number of rotatable bonds is 3. The normalized spacial score (nSPS) is 24.9. The first-order chi connectivity index (χ1) is 14.6. The van der Waals surface area contributed by atoms with Gasteiger partial charge in [-0.1, -0.05) is 30.7 Å². The minimum Gasteiger partial charge on any atom is -0.394 e. The Kier molecular flexibility index (Phi) is 4.70. The molecule has 1 aliphatic carbocycles. The van der Waals surface area contributed by atoms with Crippen LogP contribution in [-0.4, -0.2) is 47.2 Å². The summed E-state index contributed by atoms with van der Waals surface area (Å²) in [5, 5.41) is 12.8. The summed E-state index contributed by atoms with van der Waals surface area (Å²) in [5.41, 5.74) is 2.24. The van der Waals surface area contributed by atoms with Crippen molar-refractivity contribution in [3.8, 4) is 0 Å². The van der Waals surface area contributed by atoms with E-state index in [1.165, 1.54) is 18.2 Å². The number of amides is 3. The van der Waals surface area contributed by atoms with Gasteiger partial charge in [-0.3, -0.25) is 4.79 Å². The third-order valence-corrected chi connectivity index (χ3v) is 6.72. The number of nitrogens with zero attached hydrogens (tertiary/aromatic N) is 2. The van der Waals surface area contributed by atoms with Crippen molar-refractivity contribution in [2.75, 3.05) is 23.4 Å². The Morgan fingerprint density at radius 1 is 1.13 bits per heavy atom. The molecule has 6 nitrogen and oxygen atoms in total. The number of aliphatic hydroxyl groups excluding tert-OH is 1. The monoisotopic (exact) mass is 409 g/mol. The van der Waals surface area contributed by atoms with E-state index in [0.29, 0.717) is 12.2 Å². The first-order valence-electron chi connectivity index (χ1n) is 10.4. The number of halogens is 1. The van der Waals surface area contributed by atoms with Crippen molar-refractivity contribution in [2.45, 2.75) is 37.3 Å². The van der Waals surface area contributed by atoms with Crippen LogP contribution in [0.5, 0.6) is 0 Å². The molecule has 7 heteroatoms. The molecule has 2 aromatic carbocycles. The van der Waals surface area contributed by atoms with Gasteiger partial charge in [0.05, 0.1) is 18.7 Å². The van der Waals surface area contributed by atoms with Crippen LogP contribution in [0.2, 0.25) is 0 Å². The molecule has 5 rings (SSSR count). The number of benzene rings is 2. The lowest BCUT2D eigenvalue weighted by molar-refractivity contribution is -0.125. The summed E-state index contributed by atoms with van der Waals surface area (Å²) in [6, 6.07) is 12.5. The van der Waals surface area contributed by atoms with Crippen LogP contribution in [-0.2, 0) is 4.79 Å². The van der Waals surface area contributed by atoms with E-state index >= 15 is 0 Å². The van der Waals surface area contributed by atoms with Crippen LogP contribution in [0.3, 0.4) is 0 Å². The molecule has 30 heavy (non-hydrogen) atoms. The molecule has 3 aliphatic rings. The van der Waals surface area contributed by atoms with Crippen molar-refractivity contribution in [2.24, 2.45) is 5.92 Å². The molecular weight excluding hydrogens is 385 g/mol. The number of likely N-dealkylation sites (tertiary alicyclic amines) is 1. The van der Waals surface area contributed by atoms with Crippen LogP contribution in [0, 0.1) is 11.7 Å². The van der Waals surface area contributed by atoms with E-state index in [1.54, 1.807) is 11.0 Å². The number of carbonyl (C=O) groups is 2. The van der Waals surface area contributed by atoms with Crippen molar-refractivity contribution < 1.29 is 19.1 Å². The molecule has 1 saturated heterocycles. The SMILES string of the molecule is O=C(C1CCC1)N1C[C@H]2[C@@H](c3ccccc31)[C@@H](CO)N2C(=O)Nc1cccc(F)c1. The Morgan fingerprint density at radius 3 is 2.63 bits per heavy atom. The van der Waals surface area contributed by atoms with Gasteiger partial charge in [-0.25, -0.2) is 9.18 Å². The average Bonchev–Trinajstić information content (AvgIpc) is 2.67. The van der Waals surface area contributed by atoms with Crippen molar-refractivity contribution in [1.82, 2.24) is 4.90 Å². The molecule has 0 radical (unpaired) electrons. The fraction of sp³-hybridized carbons (Fsp3) is 0.391. The molecular formula is C23H24FN3O3. The fourth-order valence-electron chi connectivity index (χ4n) is 5.00. The third kappa shape index (κ3) is 2.96. The summed E-state index contributed by atoms with van der Waals surface area (Å²) in [4.78, 5) is 29.5. The largest absolute Gasteiger partial charge is 0.394 e. The van der Waals surface area contributed by atoms with Crippen LogP contribution in [0.25, 0.3) is 0 Å². The van der Waals surface area contributed by atoms with Gasteiger partial charge in [-0.15, -0.1) is 0 Å². The maximum atomic E-state index is 13.5. The molecule has 2 aromatic rings. The van der Waals surface area contributed by atoms with Crippen LogP contribution in [0.15, 0.2) is 48.5 Å². The van der Waals surface area contributed by atoms with Crippen LogP contribution in [0.4, 0.5) is 20.6 Å². The van der Waals surface area contributed by atoms with Crippen LogP contribution < -0.4 is 10.2 Å². The third-order valence-electron chi connectivity index (χ3n) is 6.72. The Bertz CT molecular complexity index is 993. The van der Waals surface area contributed by atoms with E-state index in [0.717, 1.165) is 30.5 Å². The van der Waals surface area contributed by atoms with Crippen LogP contribution in [0.1, 0.15) is 30.7 Å². The number of carbonyl (C=O) groups excluding carboxylic acids is 2. The zero-order valence-electron chi connectivity index (χ0n) is 16.5. The summed E-state index contributed by atoms with van der Waals surface area (Å²) < 4.78 is 13.5. The standard InChI is InChI=1S/C23H24FN3O3/c24-15-7-4-8-16(11-15)25-23(30)27-19-12-26(22(29)14-5-3-6-14)18-10-2-1-9-17(18)21(19)20(27)13-28/h1-2,4,7-11,14,19-21,28H,3,5-6,12-13H2,(H,25,30)/t19-,20+,21+/m0/s1. The lowest BCUT2D eigenvalue weighted by atomic mass is 9.71. The number of anilines is 2. The maximum Gasteiger partial charge on any atom is 0.322 e. The van der Waals surface area contributed by atoms with Crippen molar-refractivity contribution >= 4 is 23.3 Å². The Morgan fingerprint density at radius 2 is 1.93 bits per heavy atom. The predicted octanol–water partition coefficient (Wildman–Crippen LogP) is 3.33. The smallest absolute Gasteiger partial charge is 0.322 e. The van der Waals surface area contributed by atoms with E-state index in [1.807, 2.05) is 29.2 Å². The maximum absolute atomic E-state index is 13.5. The van der Waals surface area contributed by atoms with Gasteiger partial charge in [-0.05, 0) is 42.7 Å². The van der Waals surface area contributed by atoms with Gasteiger partial charge >= 0.3 is 6.03 Å². The highest BCUT2D eigenvalue weighted by Gasteiger charge is 2.55. The second-order valence-electron chi connectivity index (χ2n) is 8.33. The Hall–Kier alpha value is -2.93. The second-order valence-corrected chi connectivity index (χ2v) is 8.33. The number of aliphatic hydroxyl groups is 1. The van der Waals surface area contributed by atoms with Gasteiger partial charge in [0.15, 0.2) is 0 Å². The molecule has 2 aliphatic heterocycles. The van der Waals surface area contributed by atoms with Crippen LogP contribution >= 0.6 is 0 Å². The van der Waals surface area contributed by atoms with E-state index in [9.17, 15) is 19.1 Å². The Balaban J connectivity index is 1.44. The first kappa shape index (κ1) is 19.1. The topological polar surface area (TPSA) is 72.9 Å². The highest BCUT2D eigenvalue weighted by Crippen LogP contribution is 2.49. The number of fused-ring (bicyclic) bond motifs is 3.